The fourth-order valence-corrected chi connectivity index (χ4v) is 5.16. The predicted octanol–water partition coefficient (Wildman–Crippen LogP) is 3.14. The number of nitrogens with zero attached hydrogens (tertiary/aromatic N) is 5. The Morgan fingerprint density at radius 2 is 1.68 bits per heavy atom. The molecule has 2 aromatic carbocycles. The van der Waals surface area contributed by atoms with Gasteiger partial charge in [-0.2, -0.15) is 5.10 Å². The molecule has 41 heavy (non-hydrogen) atoms. The highest BCUT2D eigenvalue weighted by atomic mass is 16.5. The number of aryl methyl sites for hydroxylation is 1. The number of fused-ring (bicyclic) bond motifs is 1. The van der Waals surface area contributed by atoms with E-state index in [1.54, 1.807) is 30.1 Å². The first-order valence-corrected chi connectivity index (χ1v) is 13.6. The van der Waals surface area contributed by atoms with Gasteiger partial charge in [0, 0.05) is 45.0 Å². The third kappa shape index (κ3) is 5.73. The van der Waals surface area contributed by atoms with Gasteiger partial charge in [0.05, 0.1) is 30.9 Å². The van der Waals surface area contributed by atoms with Gasteiger partial charge in [0.1, 0.15) is 11.5 Å². The molecule has 1 N–H and O–H groups in total. The number of carbonyl (C=O) groups is 2. The van der Waals surface area contributed by atoms with Gasteiger partial charge in [-0.3, -0.25) is 14.4 Å². The van der Waals surface area contributed by atoms with Gasteiger partial charge in [0.25, 0.3) is 11.5 Å². The minimum Gasteiger partial charge on any atom is -0.378 e. The Labute approximate surface area is 237 Å². The van der Waals surface area contributed by atoms with Crippen molar-refractivity contribution < 1.29 is 14.3 Å². The third-order valence-electron chi connectivity index (χ3n) is 7.41. The molecule has 2 amide bonds. The Hall–Kier alpha value is -4.83. The average Bonchev–Trinajstić information content (AvgIpc) is 3.45. The lowest BCUT2D eigenvalue weighted by atomic mass is 10.0. The van der Waals surface area contributed by atoms with Crippen molar-refractivity contribution in [2.45, 2.75) is 19.5 Å². The lowest BCUT2D eigenvalue weighted by Gasteiger charge is -2.26. The minimum atomic E-state index is -0.316. The molecule has 2 aliphatic rings. The molecule has 0 bridgehead atoms. The number of rotatable bonds is 6. The minimum absolute atomic E-state index is 0.0655. The zero-order valence-electron chi connectivity index (χ0n) is 22.7. The molecule has 0 atom stereocenters. The molecule has 2 aromatic heterocycles. The van der Waals surface area contributed by atoms with E-state index in [1.807, 2.05) is 41.3 Å². The Kier molecular flexibility index (Phi) is 7.30. The number of aromatic nitrogens is 3. The monoisotopic (exact) mass is 550 g/mol. The Bertz CT molecular complexity index is 1640. The fourth-order valence-electron chi connectivity index (χ4n) is 5.16. The maximum atomic E-state index is 13.1. The summed E-state index contributed by atoms with van der Waals surface area (Å²) in [6, 6.07) is 20.8. The third-order valence-corrected chi connectivity index (χ3v) is 7.41. The fraction of sp³-hybridized carbons (Fsp3) is 0.258. The standard InChI is InChI=1S/C31H30N6O4/c1-35-31(40)27(33-28-10-9-23(18-32-28)30(39)36-11-13-41-14-12-36)17-26(34-35)22-8-4-5-21(15-22)16-29(38)37-19-24-6-2-3-7-25(24)20-37/h2-10,15,17-18H,11-14,16,19-20H2,1H3,(H,32,33). The van der Waals surface area contributed by atoms with Crippen molar-refractivity contribution in [2.24, 2.45) is 7.05 Å². The van der Waals surface area contributed by atoms with Crippen LogP contribution in [0.15, 0.2) is 77.7 Å². The van der Waals surface area contributed by atoms with Crippen LogP contribution in [0.3, 0.4) is 0 Å². The quantitative estimate of drug-likeness (QED) is 0.393. The average molecular weight is 551 g/mol. The van der Waals surface area contributed by atoms with E-state index in [9.17, 15) is 14.4 Å². The zero-order valence-corrected chi connectivity index (χ0v) is 22.7. The summed E-state index contributed by atoms with van der Waals surface area (Å²) in [6.45, 7) is 3.41. The summed E-state index contributed by atoms with van der Waals surface area (Å²) in [5, 5.41) is 7.52. The van der Waals surface area contributed by atoms with Crippen LogP contribution >= 0.6 is 0 Å². The molecule has 6 rings (SSSR count). The lowest BCUT2D eigenvalue weighted by Crippen LogP contribution is -2.40. The molecule has 0 radical (unpaired) electrons. The molecule has 0 saturated carbocycles. The number of pyridine rings is 1. The predicted molar refractivity (Wildman–Crippen MR) is 154 cm³/mol. The van der Waals surface area contributed by atoms with Crippen LogP contribution in [0.1, 0.15) is 27.0 Å². The zero-order chi connectivity index (χ0) is 28.3. The second-order valence-electron chi connectivity index (χ2n) is 10.2. The molecule has 2 aliphatic heterocycles. The summed E-state index contributed by atoms with van der Waals surface area (Å²) in [5.41, 5.74) is 5.08. The molecule has 0 spiro atoms. The molecule has 4 heterocycles. The van der Waals surface area contributed by atoms with E-state index in [1.165, 1.54) is 22.0 Å². The summed E-state index contributed by atoms with van der Waals surface area (Å²) in [7, 11) is 1.59. The van der Waals surface area contributed by atoms with Crippen LogP contribution in [-0.2, 0) is 36.1 Å². The van der Waals surface area contributed by atoms with Crippen molar-refractivity contribution >= 4 is 23.3 Å². The SMILES string of the molecule is Cn1nc(-c2cccc(CC(=O)N3Cc4ccccc4C3)c2)cc(Nc2ccc(C(=O)N3CCOCC3)cn2)c1=O. The van der Waals surface area contributed by atoms with Gasteiger partial charge in [-0.15, -0.1) is 0 Å². The number of carbonyl (C=O) groups excluding carboxylic acids is 2. The maximum Gasteiger partial charge on any atom is 0.290 e. The number of benzene rings is 2. The summed E-state index contributed by atoms with van der Waals surface area (Å²) in [4.78, 5) is 46.6. The van der Waals surface area contributed by atoms with Crippen molar-refractivity contribution in [3.63, 3.8) is 0 Å². The smallest absolute Gasteiger partial charge is 0.290 e. The topological polar surface area (TPSA) is 110 Å². The summed E-state index contributed by atoms with van der Waals surface area (Å²) in [5.74, 6) is 0.404. The van der Waals surface area contributed by atoms with Gasteiger partial charge in [-0.25, -0.2) is 9.67 Å². The first-order chi connectivity index (χ1) is 19.9. The number of ether oxygens (including phenoxy) is 1. The van der Waals surface area contributed by atoms with Gasteiger partial charge in [0.15, 0.2) is 0 Å². The Morgan fingerprint density at radius 1 is 0.927 bits per heavy atom. The maximum absolute atomic E-state index is 13.1. The van der Waals surface area contributed by atoms with Crippen LogP contribution in [0.5, 0.6) is 0 Å². The van der Waals surface area contributed by atoms with E-state index in [-0.39, 0.29) is 23.8 Å². The highest BCUT2D eigenvalue weighted by molar-refractivity contribution is 5.94. The Morgan fingerprint density at radius 3 is 2.39 bits per heavy atom. The van der Waals surface area contributed by atoms with E-state index in [0.29, 0.717) is 62.2 Å². The van der Waals surface area contributed by atoms with E-state index >= 15 is 0 Å². The van der Waals surface area contributed by atoms with Crippen molar-refractivity contribution in [1.82, 2.24) is 24.6 Å². The van der Waals surface area contributed by atoms with Crippen molar-refractivity contribution in [1.29, 1.82) is 0 Å². The number of nitrogens with one attached hydrogen (secondary N) is 1. The normalized spacial score (nSPS) is 14.6. The molecular weight excluding hydrogens is 520 g/mol. The van der Waals surface area contributed by atoms with Gasteiger partial charge in [0.2, 0.25) is 5.91 Å². The van der Waals surface area contributed by atoms with Crippen LogP contribution in [0.2, 0.25) is 0 Å². The van der Waals surface area contributed by atoms with E-state index in [0.717, 1.165) is 11.1 Å². The second-order valence-corrected chi connectivity index (χ2v) is 10.2. The molecular formula is C31H30N6O4. The van der Waals surface area contributed by atoms with E-state index in [4.69, 9.17) is 4.74 Å². The summed E-state index contributed by atoms with van der Waals surface area (Å²) >= 11 is 0. The number of hydrogen-bond donors (Lipinski definition) is 1. The molecule has 10 heteroatoms. The first kappa shape index (κ1) is 26.4. The van der Waals surface area contributed by atoms with Crippen LogP contribution in [-0.4, -0.2) is 62.7 Å². The van der Waals surface area contributed by atoms with Crippen LogP contribution in [0.25, 0.3) is 11.3 Å². The van der Waals surface area contributed by atoms with Crippen molar-refractivity contribution in [3.8, 4) is 11.3 Å². The number of hydrogen-bond acceptors (Lipinski definition) is 7. The van der Waals surface area contributed by atoms with Gasteiger partial charge >= 0.3 is 0 Å². The van der Waals surface area contributed by atoms with Gasteiger partial charge in [-0.05, 0) is 41.0 Å². The number of amides is 2. The molecule has 1 saturated heterocycles. The van der Waals surface area contributed by atoms with Crippen LogP contribution in [0, 0.1) is 0 Å². The molecule has 4 aromatic rings. The highest BCUT2D eigenvalue weighted by Crippen LogP contribution is 2.25. The van der Waals surface area contributed by atoms with E-state index < -0.39 is 0 Å². The number of morpholine rings is 1. The van der Waals surface area contributed by atoms with E-state index in [2.05, 4.69) is 27.5 Å². The summed E-state index contributed by atoms with van der Waals surface area (Å²) < 4.78 is 6.59. The first-order valence-electron chi connectivity index (χ1n) is 13.6. The number of anilines is 2. The van der Waals surface area contributed by atoms with Gasteiger partial charge in [-0.1, -0.05) is 42.5 Å². The molecule has 1 fully saturated rings. The second kappa shape index (κ2) is 11.3. The van der Waals surface area contributed by atoms with Crippen LogP contribution < -0.4 is 10.9 Å². The molecule has 0 aliphatic carbocycles. The summed E-state index contributed by atoms with van der Waals surface area (Å²) in [6.07, 6.45) is 1.78. The largest absolute Gasteiger partial charge is 0.378 e. The van der Waals surface area contributed by atoms with Gasteiger partial charge < -0.3 is 19.9 Å². The van der Waals surface area contributed by atoms with Crippen molar-refractivity contribution in [3.05, 3.63) is 106 Å². The lowest BCUT2D eigenvalue weighted by molar-refractivity contribution is -0.131. The molecule has 0 unspecified atom stereocenters. The molecule has 208 valence electrons. The van der Waals surface area contributed by atoms with Crippen molar-refractivity contribution in [2.75, 3.05) is 31.6 Å². The molecule has 10 nitrogen and oxygen atoms in total. The Balaban J connectivity index is 1.17. The van der Waals surface area contributed by atoms with Crippen LogP contribution in [0.4, 0.5) is 11.5 Å². The highest BCUT2D eigenvalue weighted by Gasteiger charge is 2.23.